The van der Waals surface area contributed by atoms with Crippen LogP contribution in [0.5, 0.6) is 0 Å². The minimum atomic E-state index is -0.420. The Kier molecular flexibility index (Phi) is 6.35. The Bertz CT molecular complexity index is 559. The number of imide groups is 1. The fourth-order valence-corrected chi connectivity index (χ4v) is 3.39. The Labute approximate surface area is 139 Å². The molecule has 0 aromatic carbocycles. The molecule has 2 aliphatic rings. The molecule has 0 aromatic heterocycles. The van der Waals surface area contributed by atoms with Gasteiger partial charge in [0.15, 0.2) is 11.8 Å². The summed E-state index contributed by atoms with van der Waals surface area (Å²) in [5.41, 5.74) is 0.597. The minimum absolute atomic E-state index is 0.0881. The van der Waals surface area contributed by atoms with E-state index in [2.05, 4.69) is 5.32 Å². The van der Waals surface area contributed by atoms with Gasteiger partial charge in [-0.2, -0.15) is 14.3 Å². The maximum atomic E-state index is 12.6. The van der Waals surface area contributed by atoms with E-state index in [1.807, 2.05) is 6.92 Å². The van der Waals surface area contributed by atoms with Gasteiger partial charge in [0, 0.05) is 13.7 Å². The lowest BCUT2D eigenvalue weighted by Crippen LogP contribution is -2.56. The molecule has 2 heterocycles. The number of methoxy groups -OCH3 is 1. The van der Waals surface area contributed by atoms with Gasteiger partial charge in [-0.3, -0.25) is 4.79 Å². The molecule has 0 aromatic rings. The summed E-state index contributed by atoms with van der Waals surface area (Å²) in [5.74, 6) is -0.457. The number of unbranched alkanes of at least 4 members (excludes halogenated alkanes) is 1. The first kappa shape index (κ1) is 17.7. The van der Waals surface area contributed by atoms with E-state index in [1.165, 1.54) is 21.2 Å². The van der Waals surface area contributed by atoms with E-state index < -0.39 is 11.3 Å². The molecule has 1 unspecified atom stereocenters. The Morgan fingerprint density at radius 2 is 2.26 bits per heavy atom. The molecule has 2 aliphatic heterocycles. The van der Waals surface area contributed by atoms with Crippen molar-refractivity contribution in [3.8, 4) is 0 Å². The van der Waals surface area contributed by atoms with Crippen LogP contribution in [0.1, 0.15) is 19.8 Å². The van der Waals surface area contributed by atoms with E-state index in [0.29, 0.717) is 25.4 Å². The van der Waals surface area contributed by atoms with Crippen molar-refractivity contribution in [1.82, 2.24) is 10.2 Å². The summed E-state index contributed by atoms with van der Waals surface area (Å²) in [5, 5.41) is 4.07. The van der Waals surface area contributed by atoms with Gasteiger partial charge in [0.2, 0.25) is 0 Å². The van der Waals surface area contributed by atoms with Gasteiger partial charge in [0.1, 0.15) is 5.71 Å². The summed E-state index contributed by atoms with van der Waals surface area (Å²) in [7, 11) is 1.55. The number of rotatable bonds is 8. The molecule has 7 nitrogen and oxygen atoms in total. The maximum absolute atomic E-state index is 12.6. The molecule has 2 rings (SSSR count). The zero-order valence-corrected chi connectivity index (χ0v) is 14.2. The summed E-state index contributed by atoms with van der Waals surface area (Å²) in [4.78, 5) is 38.3. The predicted octanol–water partition coefficient (Wildman–Crippen LogP) is 0.594. The summed E-state index contributed by atoms with van der Waals surface area (Å²) in [6, 6.07) is -0.413. The number of ether oxygens (including phenoxy) is 1. The SMILES string of the molecule is CCCCN1C(=O)C2SC=CC2=[N+](CC(=O)NCCOC)C1=O. The monoisotopic (exact) mass is 340 g/mol. The molecule has 1 N–H and O–H groups in total. The van der Waals surface area contributed by atoms with Gasteiger partial charge < -0.3 is 10.1 Å². The molecule has 4 amide bonds. The Morgan fingerprint density at radius 1 is 1.48 bits per heavy atom. The second-order valence-corrected chi connectivity index (χ2v) is 6.31. The molecule has 23 heavy (non-hydrogen) atoms. The van der Waals surface area contributed by atoms with Gasteiger partial charge in [0.25, 0.3) is 5.91 Å². The fourth-order valence-electron chi connectivity index (χ4n) is 2.43. The van der Waals surface area contributed by atoms with Crippen molar-refractivity contribution in [1.29, 1.82) is 0 Å². The third-order valence-electron chi connectivity index (χ3n) is 3.65. The molecular weight excluding hydrogens is 318 g/mol. The number of urea groups is 1. The van der Waals surface area contributed by atoms with Gasteiger partial charge in [0.05, 0.1) is 13.2 Å². The molecule has 0 fully saturated rings. The van der Waals surface area contributed by atoms with E-state index in [0.717, 1.165) is 12.8 Å². The Balaban J connectivity index is 2.15. The highest BCUT2D eigenvalue weighted by atomic mass is 32.2. The number of allylic oxidation sites excluding steroid dienone is 1. The highest BCUT2D eigenvalue weighted by Gasteiger charge is 2.48. The first-order chi connectivity index (χ1) is 11.1. The van der Waals surface area contributed by atoms with Crippen LogP contribution in [0.2, 0.25) is 0 Å². The molecule has 1 atom stereocenters. The number of amides is 4. The molecule has 8 heteroatoms. The van der Waals surface area contributed by atoms with E-state index in [9.17, 15) is 14.4 Å². The van der Waals surface area contributed by atoms with Crippen LogP contribution in [0.15, 0.2) is 11.5 Å². The van der Waals surface area contributed by atoms with Crippen LogP contribution in [0, 0.1) is 0 Å². The zero-order valence-electron chi connectivity index (χ0n) is 13.4. The van der Waals surface area contributed by atoms with Crippen LogP contribution in [0.4, 0.5) is 4.79 Å². The standard InChI is InChI=1S/C15H21N3O4S/c1-3-4-7-17-14(20)13-11(5-9-23-13)18(15(17)21)10-12(19)16-6-8-22-2/h5,9,13H,3-4,6-8,10H2,1-2H3/p+1. The second-order valence-electron chi connectivity index (χ2n) is 5.30. The number of fused-ring (bicyclic) bond motifs is 1. The predicted molar refractivity (Wildman–Crippen MR) is 87.6 cm³/mol. The fraction of sp³-hybridized carbons (Fsp3) is 0.600. The molecule has 0 spiro atoms. The molecule has 0 saturated carbocycles. The summed E-state index contributed by atoms with van der Waals surface area (Å²) < 4.78 is 6.28. The van der Waals surface area contributed by atoms with Crippen LogP contribution >= 0.6 is 11.8 Å². The molecular formula is C15H22N3O4S+. The minimum Gasteiger partial charge on any atom is -0.383 e. The number of nitrogens with one attached hydrogen (secondary N) is 1. The van der Waals surface area contributed by atoms with Crippen molar-refractivity contribution in [3.63, 3.8) is 0 Å². The van der Waals surface area contributed by atoms with Crippen LogP contribution in [0.3, 0.4) is 0 Å². The Morgan fingerprint density at radius 3 is 2.96 bits per heavy atom. The van der Waals surface area contributed by atoms with Crippen LogP contribution in [-0.4, -0.2) is 71.6 Å². The number of carbonyl (C=O) groups is 3. The van der Waals surface area contributed by atoms with E-state index in [1.54, 1.807) is 18.6 Å². The molecule has 126 valence electrons. The molecule has 0 saturated heterocycles. The van der Waals surface area contributed by atoms with Crippen molar-refractivity contribution < 1.29 is 23.7 Å². The molecule has 0 aliphatic carbocycles. The largest absolute Gasteiger partial charge is 0.501 e. The highest BCUT2D eigenvalue weighted by Crippen LogP contribution is 2.27. The van der Waals surface area contributed by atoms with E-state index in [4.69, 9.17) is 4.74 Å². The number of carbonyl (C=O) groups excluding carboxylic acids is 3. The summed E-state index contributed by atoms with van der Waals surface area (Å²) in [6.45, 7) is 3.10. The van der Waals surface area contributed by atoms with Crippen LogP contribution in [0.25, 0.3) is 0 Å². The van der Waals surface area contributed by atoms with Crippen molar-refractivity contribution in [3.05, 3.63) is 11.5 Å². The van der Waals surface area contributed by atoms with Gasteiger partial charge in [-0.05, 0) is 17.9 Å². The molecule has 0 bridgehead atoms. The summed E-state index contributed by atoms with van der Waals surface area (Å²) >= 11 is 1.37. The second kappa shape index (κ2) is 8.26. The van der Waals surface area contributed by atoms with Crippen LogP contribution < -0.4 is 5.32 Å². The first-order valence-corrected chi connectivity index (χ1v) is 8.61. The molecule has 0 radical (unpaired) electrons. The number of thioether (sulfide) groups is 1. The average Bonchev–Trinajstić information content (AvgIpc) is 3.01. The van der Waals surface area contributed by atoms with Gasteiger partial charge in [-0.15, -0.1) is 11.8 Å². The van der Waals surface area contributed by atoms with Crippen molar-refractivity contribution >= 4 is 35.3 Å². The van der Waals surface area contributed by atoms with E-state index in [-0.39, 0.29) is 18.4 Å². The third kappa shape index (κ3) is 4.00. The van der Waals surface area contributed by atoms with Gasteiger partial charge in [-0.25, -0.2) is 4.79 Å². The van der Waals surface area contributed by atoms with Crippen LogP contribution in [-0.2, 0) is 14.3 Å². The number of hydrogen-bond donors (Lipinski definition) is 1. The van der Waals surface area contributed by atoms with Gasteiger partial charge >= 0.3 is 11.9 Å². The quantitative estimate of drug-likeness (QED) is 0.517. The lowest BCUT2D eigenvalue weighted by molar-refractivity contribution is -0.426. The highest BCUT2D eigenvalue weighted by molar-refractivity contribution is 8.04. The van der Waals surface area contributed by atoms with Crippen molar-refractivity contribution in [2.24, 2.45) is 0 Å². The lowest BCUT2D eigenvalue weighted by Gasteiger charge is -2.24. The zero-order chi connectivity index (χ0) is 16.8. The number of hydrogen-bond acceptors (Lipinski definition) is 5. The normalized spacial score (nSPS) is 20.3. The topological polar surface area (TPSA) is 78.7 Å². The number of nitrogens with zero attached hydrogens (tertiary/aromatic N) is 2. The third-order valence-corrected chi connectivity index (χ3v) is 4.66. The smallest absolute Gasteiger partial charge is 0.383 e. The maximum Gasteiger partial charge on any atom is 0.501 e. The van der Waals surface area contributed by atoms with Crippen molar-refractivity contribution in [2.45, 2.75) is 25.0 Å². The van der Waals surface area contributed by atoms with Crippen molar-refractivity contribution in [2.75, 3.05) is 33.4 Å². The van der Waals surface area contributed by atoms with E-state index >= 15 is 0 Å². The van der Waals surface area contributed by atoms with Gasteiger partial charge in [-0.1, -0.05) is 13.3 Å². The Hall–Kier alpha value is -1.67. The lowest BCUT2D eigenvalue weighted by atomic mass is 10.1. The average molecular weight is 340 g/mol. The first-order valence-electron chi connectivity index (χ1n) is 7.67. The summed E-state index contributed by atoms with van der Waals surface area (Å²) in [6.07, 6.45) is 3.39.